The van der Waals surface area contributed by atoms with E-state index in [-0.39, 0.29) is 12.1 Å². The molecule has 1 unspecified atom stereocenters. The second-order valence-corrected chi connectivity index (χ2v) is 6.57. The van der Waals surface area contributed by atoms with E-state index in [4.69, 9.17) is 21.1 Å². The Bertz CT molecular complexity index is 796. The lowest BCUT2D eigenvalue weighted by Crippen LogP contribution is -2.34. The lowest BCUT2D eigenvalue weighted by atomic mass is 10.0. The van der Waals surface area contributed by atoms with Gasteiger partial charge < -0.3 is 19.7 Å². The Hall–Kier alpha value is -2.40. The number of likely N-dealkylation sites (tertiary alicyclic amines) is 1. The van der Waals surface area contributed by atoms with E-state index in [1.54, 1.807) is 12.1 Å². The molecule has 130 valence electrons. The number of amides is 2. The minimum absolute atomic E-state index is 0.0262. The molecular formula is C19H19ClN2O3. The van der Waals surface area contributed by atoms with Crippen LogP contribution in [0.15, 0.2) is 42.5 Å². The Balaban J connectivity index is 1.54. The third-order valence-corrected chi connectivity index (χ3v) is 4.91. The van der Waals surface area contributed by atoms with Crippen LogP contribution in [0.1, 0.15) is 24.4 Å². The molecule has 2 heterocycles. The average molecular weight is 359 g/mol. The maximum atomic E-state index is 12.7. The molecule has 1 saturated heterocycles. The minimum atomic E-state index is -0.134. The second-order valence-electron chi connectivity index (χ2n) is 6.16. The van der Waals surface area contributed by atoms with Gasteiger partial charge in [-0.15, -0.1) is 0 Å². The van der Waals surface area contributed by atoms with Crippen LogP contribution < -0.4 is 14.8 Å². The number of nitrogens with zero attached hydrogens (tertiary/aromatic N) is 1. The van der Waals surface area contributed by atoms with Crippen molar-refractivity contribution in [1.82, 2.24) is 4.90 Å². The van der Waals surface area contributed by atoms with Crippen LogP contribution in [0, 0.1) is 0 Å². The monoisotopic (exact) mass is 358 g/mol. The van der Waals surface area contributed by atoms with E-state index in [1.807, 2.05) is 35.2 Å². The summed E-state index contributed by atoms with van der Waals surface area (Å²) in [6, 6.07) is 13.1. The molecule has 1 atom stereocenters. The van der Waals surface area contributed by atoms with Gasteiger partial charge in [-0.3, -0.25) is 0 Å². The molecule has 2 aliphatic heterocycles. The molecule has 0 aliphatic carbocycles. The van der Waals surface area contributed by atoms with Crippen molar-refractivity contribution < 1.29 is 14.3 Å². The van der Waals surface area contributed by atoms with Crippen LogP contribution in [-0.4, -0.2) is 30.7 Å². The average Bonchev–Trinajstić information content (AvgIpc) is 3.13. The van der Waals surface area contributed by atoms with Gasteiger partial charge in [0.05, 0.1) is 16.8 Å². The molecule has 0 saturated carbocycles. The topological polar surface area (TPSA) is 50.8 Å². The van der Waals surface area contributed by atoms with E-state index in [0.717, 1.165) is 36.4 Å². The van der Waals surface area contributed by atoms with E-state index in [0.29, 0.717) is 23.9 Å². The summed E-state index contributed by atoms with van der Waals surface area (Å²) in [5.41, 5.74) is 1.69. The van der Waals surface area contributed by atoms with Crippen molar-refractivity contribution in [2.75, 3.05) is 25.1 Å². The highest BCUT2D eigenvalue weighted by molar-refractivity contribution is 6.33. The molecule has 2 aromatic carbocycles. The fourth-order valence-corrected chi connectivity index (χ4v) is 3.56. The van der Waals surface area contributed by atoms with Crippen LogP contribution in [0.25, 0.3) is 0 Å². The van der Waals surface area contributed by atoms with Gasteiger partial charge in [0, 0.05) is 6.54 Å². The van der Waals surface area contributed by atoms with Gasteiger partial charge in [0.25, 0.3) is 0 Å². The van der Waals surface area contributed by atoms with Crippen molar-refractivity contribution in [2.24, 2.45) is 0 Å². The Labute approximate surface area is 151 Å². The van der Waals surface area contributed by atoms with E-state index in [1.165, 1.54) is 0 Å². The third-order valence-electron chi connectivity index (χ3n) is 4.58. The Morgan fingerprint density at radius 1 is 1.12 bits per heavy atom. The Morgan fingerprint density at radius 3 is 2.76 bits per heavy atom. The first-order chi connectivity index (χ1) is 12.2. The normalized spacial score (nSPS) is 18.9. The first-order valence-electron chi connectivity index (χ1n) is 8.44. The molecule has 0 spiro atoms. The molecule has 0 aromatic heterocycles. The quantitative estimate of drug-likeness (QED) is 0.861. The predicted molar refractivity (Wildman–Crippen MR) is 96.6 cm³/mol. The number of fused-ring (bicyclic) bond motifs is 1. The van der Waals surface area contributed by atoms with Gasteiger partial charge >= 0.3 is 6.03 Å². The molecule has 2 amide bonds. The zero-order valence-electron chi connectivity index (χ0n) is 13.7. The number of ether oxygens (including phenoxy) is 2. The Kier molecular flexibility index (Phi) is 4.40. The van der Waals surface area contributed by atoms with E-state index in [2.05, 4.69) is 5.32 Å². The van der Waals surface area contributed by atoms with Crippen LogP contribution in [0.4, 0.5) is 10.5 Å². The highest BCUT2D eigenvalue weighted by Crippen LogP contribution is 2.38. The molecule has 0 radical (unpaired) electrons. The highest BCUT2D eigenvalue weighted by atomic mass is 35.5. The zero-order valence-corrected chi connectivity index (χ0v) is 14.5. The van der Waals surface area contributed by atoms with Crippen LogP contribution in [0.5, 0.6) is 11.5 Å². The first-order valence-corrected chi connectivity index (χ1v) is 8.82. The molecule has 1 fully saturated rings. The molecule has 1 N–H and O–H groups in total. The van der Waals surface area contributed by atoms with Crippen LogP contribution in [-0.2, 0) is 0 Å². The Morgan fingerprint density at radius 2 is 1.92 bits per heavy atom. The van der Waals surface area contributed by atoms with Gasteiger partial charge in [0.1, 0.15) is 13.2 Å². The van der Waals surface area contributed by atoms with Crippen LogP contribution >= 0.6 is 11.6 Å². The SMILES string of the molecule is O=C(Nc1ccccc1Cl)N1CCCC1c1ccc2c(c1)OCCO2. The summed E-state index contributed by atoms with van der Waals surface area (Å²) in [4.78, 5) is 14.6. The number of anilines is 1. The van der Waals surface area contributed by atoms with E-state index >= 15 is 0 Å². The number of benzene rings is 2. The molecule has 25 heavy (non-hydrogen) atoms. The van der Waals surface area contributed by atoms with Gasteiger partial charge in [-0.25, -0.2) is 4.79 Å². The number of carbonyl (C=O) groups excluding carboxylic acids is 1. The fourth-order valence-electron chi connectivity index (χ4n) is 3.37. The number of carbonyl (C=O) groups is 1. The van der Waals surface area contributed by atoms with Gasteiger partial charge in [0.2, 0.25) is 0 Å². The second kappa shape index (κ2) is 6.84. The molecule has 0 bridgehead atoms. The molecule has 4 rings (SSSR count). The summed E-state index contributed by atoms with van der Waals surface area (Å²) >= 11 is 6.14. The van der Waals surface area contributed by atoms with Gasteiger partial charge in [0.15, 0.2) is 11.5 Å². The van der Waals surface area contributed by atoms with Crippen molar-refractivity contribution in [3.63, 3.8) is 0 Å². The summed E-state index contributed by atoms with van der Waals surface area (Å²) in [5.74, 6) is 1.52. The van der Waals surface area contributed by atoms with Crippen LogP contribution in [0.2, 0.25) is 5.02 Å². The molecule has 2 aromatic rings. The standard InChI is InChI=1S/C19H19ClN2O3/c20-14-4-1-2-5-15(14)21-19(23)22-9-3-6-16(22)13-7-8-17-18(12-13)25-11-10-24-17/h1-2,4-5,7-8,12,16H,3,6,9-11H2,(H,21,23). The van der Waals surface area contributed by atoms with E-state index in [9.17, 15) is 4.79 Å². The smallest absolute Gasteiger partial charge is 0.322 e. The maximum Gasteiger partial charge on any atom is 0.322 e. The minimum Gasteiger partial charge on any atom is -0.486 e. The fraction of sp³-hybridized carbons (Fsp3) is 0.316. The summed E-state index contributed by atoms with van der Waals surface area (Å²) in [6.07, 6.45) is 1.89. The predicted octanol–water partition coefficient (Wildman–Crippen LogP) is 4.48. The largest absolute Gasteiger partial charge is 0.486 e. The van der Waals surface area contributed by atoms with Crippen LogP contribution in [0.3, 0.4) is 0 Å². The molecule has 6 heteroatoms. The van der Waals surface area contributed by atoms with Gasteiger partial charge in [-0.1, -0.05) is 29.8 Å². The maximum absolute atomic E-state index is 12.7. The zero-order chi connectivity index (χ0) is 17.2. The number of urea groups is 1. The summed E-state index contributed by atoms with van der Waals surface area (Å²) in [6.45, 7) is 1.84. The lowest BCUT2D eigenvalue weighted by molar-refractivity contribution is 0.170. The number of hydrogen-bond donors (Lipinski definition) is 1. The lowest BCUT2D eigenvalue weighted by Gasteiger charge is -2.27. The van der Waals surface area contributed by atoms with E-state index < -0.39 is 0 Å². The van der Waals surface area contributed by atoms with Crippen molar-refractivity contribution in [1.29, 1.82) is 0 Å². The number of halogens is 1. The van der Waals surface area contributed by atoms with Gasteiger partial charge in [-0.05, 0) is 42.7 Å². The summed E-state index contributed by atoms with van der Waals surface area (Å²) in [5, 5.41) is 3.45. The molecular weight excluding hydrogens is 340 g/mol. The number of hydrogen-bond acceptors (Lipinski definition) is 3. The number of para-hydroxylation sites is 1. The van der Waals surface area contributed by atoms with Crippen molar-refractivity contribution in [3.05, 3.63) is 53.1 Å². The summed E-state index contributed by atoms with van der Waals surface area (Å²) in [7, 11) is 0. The number of rotatable bonds is 2. The highest BCUT2D eigenvalue weighted by Gasteiger charge is 2.31. The van der Waals surface area contributed by atoms with Crippen molar-refractivity contribution >= 4 is 23.3 Å². The third kappa shape index (κ3) is 3.24. The summed E-state index contributed by atoms with van der Waals surface area (Å²) < 4.78 is 11.2. The molecule has 2 aliphatic rings. The van der Waals surface area contributed by atoms with Gasteiger partial charge in [-0.2, -0.15) is 0 Å². The van der Waals surface area contributed by atoms with Crippen molar-refractivity contribution in [2.45, 2.75) is 18.9 Å². The van der Waals surface area contributed by atoms with Crippen molar-refractivity contribution in [3.8, 4) is 11.5 Å². The molecule has 5 nitrogen and oxygen atoms in total. The first kappa shape index (κ1) is 16.1. The number of nitrogens with one attached hydrogen (secondary N) is 1.